The van der Waals surface area contributed by atoms with Crippen LogP contribution in [-0.4, -0.2) is 38.6 Å². The Hall–Kier alpha value is -3.76. The van der Waals surface area contributed by atoms with Crippen molar-refractivity contribution in [1.29, 1.82) is 0 Å². The van der Waals surface area contributed by atoms with Gasteiger partial charge in [0, 0.05) is 30.3 Å². The molecule has 3 N–H and O–H groups in total. The largest absolute Gasteiger partial charge is 0.369 e. The Kier molecular flexibility index (Phi) is 7.33. The van der Waals surface area contributed by atoms with Crippen molar-refractivity contribution in [2.24, 2.45) is 5.92 Å². The maximum Gasteiger partial charge on any atom is 0.261 e. The summed E-state index contributed by atoms with van der Waals surface area (Å²) in [6.07, 6.45) is 9.73. The van der Waals surface area contributed by atoms with Crippen molar-refractivity contribution in [2.75, 3.05) is 12.0 Å². The molecule has 0 amide bonds. The summed E-state index contributed by atoms with van der Waals surface area (Å²) < 4.78 is 45.1. The SMILES string of the molecule is CC(C)Cn1c(N)nc2ccc(-c3cn(C4(F)C=CC=CC4)nc3-c3ccccc3)cc21.CS(=O)(=O)O. The Balaban J connectivity index is 0.000000586. The fourth-order valence-corrected chi connectivity index (χ4v) is 4.20. The molecule has 0 saturated carbocycles. The number of benzene rings is 2. The summed E-state index contributed by atoms with van der Waals surface area (Å²) in [7, 11) is -3.67. The molecule has 0 saturated heterocycles. The predicted molar refractivity (Wildman–Crippen MR) is 145 cm³/mol. The third-order valence-electron chi connectivity index (χ3n) is 5.78. The second kappa shape index (κ2) is 10.3. The molecule has 0 aliphatic heterocycles. The molecule has 2 aromatic carbocycles. The molecule has 37 heavy (non-hydrogen) atoms. The van der Waals surface area contributed by atoms with Crippen LogP contribution in [0.2, 0.25) is 0 Å². The number of halogens is 1. The van der Waals surface area contributed by atoms with Gasteiger partial charge in [0.15, 0.2) is 0 Å². The summed E-state index contributed by atoms with van der Waals surface area (Å²) in [6.45, 7) is 5.08. The zero-order valence-corrected chi connectivity index (χ0v) is 21.7. The van der Waals surface area contributed by atoms with Gasteiger partial charge in [0.1, 0.15) is 5.69 Å². The van der Waals surface area contributed by atoms with E-state index < -0.39 is 15.9 Å². The Bertz CT molecular complexity index is 1560. The van der Waals surface area contributed by atoms with Crippen molar-refractivity contribution in [3.05, 3.63) is 79.0 Å². The van der Waals surface area contributed by atoms with Crippen LogP contribution in [0.3, 0.4) is 0 Å². The van der Waals surface area contributed by atoms with E-state index >= 15 is 4.39 Å². The number of hydrogen-bond donors (Lipinski definition) is 2. The number of aromatic nitrogens is 4. The number of fused-ring (bicyclic) bond motifs is 1. The zero-order valence-electron chi connectivity index (χ0n) is 20.9. The predicted octanol–water partition coefficient (Wildman–Crippen LogP) is 5.45. The molecule has 1 aliphatic carbocycles. The van der Waals surface area contributed by atoms with Crippen molar-refractivity contribution in [2.45, 2.75) is 32.6 Å². The number of imidazole rings is 1. The smallest absolute Gasteiger partial charge is 0.261 e. The number of nitrogen functional groups attached to an aromatic ring is 1. The number of hydrogen-bond acceptors (Lipinski definition) is 5. The molecule has 1 aliphatic rings. The van der Waals surface area contributed by atoms with Crippen molar-refractivity contribution in [3.63, 3.8) is 0 Å². The summed E-state index contributed by atoms with van der Waals surface area (Å²) in [5.41, 5.74) is 11.5. The van der Waals surface area contributed by atoms with Crippen LogP contribution in [0, 0.1) is 5.92 Å². The van der Waals surface area contributed by atoms with Gasteiger partial charge in [-0.15, -0.1) is 0 Å². The number of rotatable bonds is 5. The molecule has 8 nitrogen and oxygen atoms in total. The van der Waals surface area contributed by atoms with Gasteiger partial charge < -0.3 is 10.3 Å². The summed E-state index contributed by atoms with van der Waals surface area (Å²) in [5.74, 6) is -0.755. The van der Waals surface area contributed by atoms with Gasteiger partial charge in [0.25, 0.3) is 10.1 Å². The first-order chi connectivity index (χ1) is 17.4. The van der Waals surface area contributed by atoms with Gasteiger partial charge >= 0.3 is 0 Å². The number of alkyl halides is 1. The molecule has 194 valence electrons. The number of anilines is 1. The molecule has 5 rings (SSSR count). The van der Waals surface area contributed by atoms with Crippen LogP contribution in [-0.2, 0) is 22.5 Å². The first-order valence-corrected chi connectivity index (χ1v) is 13.7. The lowest BCUT2D eigenvalue weighted by atomic mass is 10.0. The summed E-state index contributed by atoms with van der Waals surface area (Å²) in [6, 6.07) is 15.9. The second-order valence-corrected chi connectivity index (χ2v) is 10.9. The van der Waals surface area contributed by atoms with E-state index in [0.717, 1.165) is 40.0 Å². The molecule has 0 fully saturated rings. The van der Waals surface area contributed by atoms with Crippen LogP contribution in [0.1, 0.15) is 20.3 Å². The summed E-state index contributed by atoms with van der Waals surface area (Å²) in [5, 5.41) is 4.72. The van der Waals surface area contributed by atoms with E-state index in [1.54, 1.807) is 18.3 Å². The first-order valence-electron chi connectivity index (χ1n) is 11.8. The van der Waals surface area contributed by atoms with Crippen LogP contribution >= 0.6 is 0 Å². The molecular weight excluding hydrogens is 493 g/mol. The molecule has 0 spiro atoms. The van der Waals surface area contributed by atoms with Crippen molar-refractivity contribution in [3.8, 4) is 22.4 Å². The molecule has 0 radical (unpaired) electrons. The van der Waals surface area contributed by atoms with Crippen LogP contribution in [0.5, 0.6) is 0 Å². The molecule has 2 aromatic heterocycles. The highest BCUT2D eigenvalue weighted by Crippen LogP contribution is 2.37. The number of nitrogens with two attached hydrogens (primary N) is 1. The minimum absolute atomic E-state index is 0.246. The van der Waals surface area contributed by atoms with Crippen molar-refractivity contribution in [1.82, 2.24) is 19.3 Å². The lowest BCUT2D eigenvalue weighted by Gasteiger charge is -2.22. The summed E-state index contributed by atoms with van der Waals surface area (Å²) in [4.78, 5) is 4.51. The monoisotopic (exact) mass is 523 g/mol. The molecule has 4 aromatic rings. The zero-order chi connectivity index (χ0) is 26.8. The van der Waals surface area contributed by atoms with Crippen LogP contribution in [0.4, 0.5) is 10.3 Å². The van der Waals surface area contributed by atoms with E-state index in [0.29, 0.717) is 18.1 Å². The van der Waals surface area contributed by atoms with Gasteiger partial charge in [-0.2, -0.15) is 13.5 Å². The van der Waals surface area contributed by atoms with Gasteiger partial charge in [-0.25, -0.2) is 14.1 Å². The second-order valence-electron chi connectivity index (χ2n) is 9.42. The van der Waals surface area contributed by atoms with E-state index in [1.807, 2.05) is 59.2 Å². The third kappa shape index (κ3) is 6.15. The van der Waals surface area contributed by atoms with Gasteiger partial charge in [-0.05, 0) is 29.7 Å². The maximum absolute atomic E-state index is 15.7. The van der Waals surface area contributed by atoms with Gasteiger partial charge in [-0.1, -0.05) is 68.5 Å². The average Bonchev–Trinajstić information content (AvgIpc) is 3.41. The average molecular weight is 524 g/mol. The van der Waals surface area contributed by atoms with E-state index in [9.17, 15) is 8.42 Å². The van der Waals surface area contributed by atoms with Gasteiger partial charge in [-0.3, -0.25) is 4.55 Å². The van der Waals surface area contributed by atoms with E-state index in [4.69, 9.17) is 15.4 Å². The lowest BCUT2D eigenvalue weighted by Crippen LogP contribution is -2.27. The summed E-state index contributed by atoms with van der Waals surface area (Å²) >= 11 is 0. The Labute approximate surface area is 215 Å². The van der Waals surface area contributed by atoms with Crippen molar-refractivity contribution < 1.29 is 17.4 Å². The van der Waals surface area contributed by atoms with E-state index in [1.165, 1.54) is 4.68 Å². The van der Waals surface area contributed by atoms with Crippen LogP contribution < -0.4 is 5.73 Å². The molecule has 1 atom stereocenters. The minimum atomic E-state index is -3.67. The highest BCUT2D eigenvalue weighted by Gasteiger charge is 2.31. The van der Waals surface area contributed by atoms with Crippen LogP contribution in [0.25, 0.3) is 33.4 Å². The molecule has 2 heterocycles. The molecule has 0 bridgehead atoms. The van der Waals surface area contributed by atoms with Gasteiger partial charge in [0.2, 0.25) is 11.7 Å². The highest BCUT2D eigenvalue weighted by molar-refractivity contribution is 7.85. The molecule has 1 unspecified atom stereocenters. The Morgan fingerprint density at radius 2 is 1.84 bits per heavy atom. The Morgan fingerprint density at radius 1 is 1.14 bits per heavy atom. The normalized spacial score (nSPS) is 17.2. The highest BCUT2D eigenvalue weighted by atomic mass is 32.2. The van der Waals surface area contributed by atoms with E-state index in [-0.39, 0.29) is 6.42 Å². The van der Waals surface area contributed by atoms with E-state index in [2.05, 4.69) is 24.9 Å². The Morgan fingerprint density at radius 3 is 2.46 bits per heavy atom. The third-order valence-corrected chi connectivity index (χ3v) is 5.78. The maximum atomic E-state index is 15.7. The van der Waals surface area contributed by atoms with Crippen LogP contribution in [0.15, 0.2) is 79.0 Å². The van der Waals surface area contributed by atoms with Crippen molar-refractivity contribution >= 4 is 27.1 Å². The minimum Gasteiger partial charge on any atom is -0.369 e. The quantitative estimate of drug-likeness (QED) is 0.336. The lowest BCUT2D eigenvalue weighted by molar-refractivity contribution is 0.117. The fraction of sp³-hybridized carbons (Fsp3) is 0.259. The first kappa shape index (κ1) is 26.3. The van der Waals surface area contributed by atoms with Gasteiger partial charge in [0.05, 0.1) is 17.3 Å². The standard InChI is InChI=1S/C26H26FN5.CH4O3S/c1-18(2)16-31-23-15-20(11-12-22(23)29-25(31)28)21-17-32(26(27)13-7-4-8-14-26)30-24(21)19-9-5-3-6-10-19;1-5(2,3)4/h3-13,15,17-18H,14,16H2,1-2H3,(H2,28,29);1H3,(H,2,3,4). The number of nitrogens with zero attached hydrogens (tertiary/aromatic N) is 4. The molecular formula is C27H30FN5O3S. The molecule has 10 heteroatoms. The topological polar surface area (TPSA) is 116 Å². The number of allylic oxidation sites excluding steroid dienone is 4. The fourth-order valence-electron chi connectivity index (χ4n) is 4.20.